The number of nitriles is 1. The van der Waals surface area contributed by atoms with Crippen molar-refractivity contribution in [1.29, 1.82) is 5.26 Å². The Morgan fingerprint density at radius 3 is 2.91 bits per heavy atom. The summed E-state index contributed by atoms with van der Waals surface area (Å²) in [6.07, 6.45) is 2.36. The van der Waals surface area contributed by atoms with Crippen LogP contribution in [0.1, 0.15) is 29.6 Å². The molecule has 0 unspecified atom stereocenters. The number of hydrogen-bond acceptors (Lipinski definition) is 6. The minimum atomic E-state index is -0.484. The van der Waals surface area contributed by atoms with E-state index >= 15 is 0 Å². The van der Waals surface area contributed by atoms with Gasteiger partial charge < -0.3 is 4.74 Å². The summed E-state index contributed by atoms with van der Waals surface area (Å²) < 4.78 is 5.38. The van der Waals surface area contributed by atoms with Crippen molar-refractivity contribution in [2.24, 2.45) is 0 Å². The molecule has 0 saturated carbocycles. The number of aryl methyl sites for hydroxylation is 1. The summed E-state index contributed by atoms with van der Waals surface area (Å²) in [5.74, 6) is 0.234. The number of ether oxygens (including phenoxy) is 1. The number of allylic oxidation sites excluding steroid dienone is 1. The van der Waals surface area contributed by atoms with Crippen molar-refractivity contribution in [3.63, 3.8) is 0 Å². The van der Waals surface area contributed by atoms with Crippen LogP contribution in [-0.2, 0) is 0 Å². The van der Waals surface area contributed by atoms with Crippen LogP contribution in [0, 0.1) is 28.4 Å². The van der Waals surface area contributed by atoms with E-state index < -0.39 is 4.92 Å². The summed E-state index contributed by atoms with van der Waals surface area (Å²) in [4.78, 5) is 15.0. The predicted molar refractivity (Wildman–Crippen MR) is 89.2 cm³/mol. The molecule has 1 aromatic carbocycles. The maximum absolute atomic E-state index is 11.2. The third kappa shape index (κ3) is 4.14. The van der Waals surface area contributed by atoms with E-state index in [9.17, 15) is 15.4 Å². The van der Waals surface area contributed by atoms with Crippen molar-refractivity contribution in [1.82, 2.24) is 4.98 Å². The second-order valence-electron chi connectivity index (χ2n) is 4.80. The van der Waals surface area contributed by atoms with E-state index in [-0.39, 0.29) is 11.4 Å². The third-order valence-electron chi connectivity index (χ3n) is 2.92. The highest BCUT2D eigenvalue weighted by Gasteiger charge is 2.16. The molecule has 0 bridgehead atoms. The number of rotatable bonds is 6. The Hall–Kier alpha value is -2.72. The molecular formula is C16H15N3O3S. The molecule has 6 nitrogen and oxygen atoms in total. The van der Waals surface area contributed by atoms with Crippen LogP contribution < -0.4 is 4.74 Å². The summed E-state index contributed by atoms with van der Waals surface area (Å²) in [6, 6.07) is 6.74. The smallest absolute Gasteiger partial charge is 0.311 e. The zero-order valence-corrected chi connectivity index (χ0v) is 13.6. The van der Waals surface area contributed by atoms with Gasteiger partial charge in [-0.2, -0.15) is 5.26 Å². The molecule has 0 aliphatic heterocycles. The fraction of sp³-hybridized carbons (Fsp3) is 0.250. The van der Waals surface area contributed by atoms with Gasteiger partial charge in [-0.3, -0.25) is 10.1 Å². The van der Waals surface area contributed by atoms with Gasteiger partial charge in [-0.05, 0) is 31.1 Å². The van der Waals surface area contributed by atoms with Crippen molar-refractivity contribution in [2.45, 2.75) is 20.3 Å². The Bertz CT molecular complexity index is 790. The largest absolute Gasteiger partial charge is 0.487 e. The van der Waals surface area contributed by atoms with Crippen LogP contribution in [0.15, 0.2) is 23.6 Å². The van der Waals surface area contributed by atoms with Crippen LogP contribution in [0.25, 0.3) is 11.6 Å². The van der Waals surface area contributed by atoms with E-state index in [2.05, 4.69) is 11.1 Å². The average molecular weight is 329 g/mol. The maximum atomic E-state index is 11.2. The quantitative estimate of drug-likeness (QED) is 0.450. The Kier molecular flexibility index (Phi) is 5.44. The molecule has 7 heteroatoms. The first-order chi connectivity index (χ1) is 11.0. The molecule has 0 spiro atoms. The normalized spacial score (nSPS) is 11.1. The van der Waals surface area contributed by atoms with E-state index in [1.54, 1.807) is 18.2 Å². The van der Waals surface area contributed by atoms with E-state index in [4.69, 9.17) is 4.74 Å². The standard InChI is InChI=1S/C16H15N3O3S/c1-3-6-22-15-5-4-12(8-14(15)19(20)21)7-13(9-17)16-18-11(2)10-23-16/h4-5,7-8,10H,3,6H2,1-2H3/b13-7-. The number of aromatic nitrogens is 1. The van der Waals surface area contributed by atoms with Crippen LogP contribution in [0.4, 0.5) is 5.69 Å². The summed E-state index contributed by atoms with van der Waals surface area (Å²) in [5, 5.41) is 22.9. The summed E-state index contributed by atoms with van der Waals surface area (Å²) in [5.41, 5.74) is 1.66. The second-order valence-corrected chi connectivity index (χ2v) is 5.65. The SMILES string of the molecule is CCCOc1ccc(/C=C(/C#N)c2nc(C)cs2)cc1[N+](=O)[O-]. The van der Waals surface area contributed by atoms with Crippen molar-refractivity contribution in [3.8, 4) is 11.8 Å². The van der Waals surface area contributed by atoms with Crippen molar-refractivity contribution < 1.29 is 9.66 Å². The van der Waals surface area contributed by atoms with E-state index in [1.165, 1.54) is 17.4 Å². The van der Waals surface area contributed by atoms with Gasteiger partial charge in [0, 0.05) is 17.1 Å². The first-order valence-electron chi connectivity index (χ1n) is 7.00. The highest BCUT2D eigenvalue weighted by molar-refractivity contribution is 7.11. The lowest BCUT2D eigenvalue weighted by atomic mass is 10.1. The molecule has 2 rings (SSSR count). The number of nitrogens with zero attached hydrogens (tertiary/aromatic N) is 3. The molecular weight excluding hydrogens is 314 g/mol. The van der Waals surface area contributed by atoms with Crippen LogP contribution in [0.2, 0.25) is 0 Å². The predicted octanol–water partition coefficient (Wildman–Crippen LogP) is 4.21. The molecule has 0 amide bonds. The molecule has 23 heavy (non-hydrogen) atoms. The van der Waals surface area contributed by atoms with Gasteiger partial charge >= 0.3 is 5.69 Å². The molecule has 0 N–H and O–H groups in total. The molecule has 1 aromatic heterocycles. The van der Waals surface area contributed by atoms with E-state index in [0.29, 0.717) is 22.8 Å². The highest BCUT2D eigenvalue weighted by Crippen LogP contribution is 2.30. The lowest BCUT2D eigenvalue weighted by Gasteiger charge is -2.06. The van der Waals surface area contributed by atoms with Gasteiger partial charge in [0.1, 0.15) is 11.1 Å². The third-order valence-corrected chi connectivity index (χ3v) is 3.92. The minimum Gasteiger partial charge on any atom is -0.487 e. The van der Waals surface area contributed by atoms with Gasteiger partial charge in [0.05, 0.1) is 17.1 Å². The van der Waals surface area contributed by atoms with Crippen molar-refractivity contribution >= 4 is 28.7 Å². The molecule has 0 radical (unpaired) electrons. The topological polar surface area (TPSA) is 89.0 Å². The van der Waals surface area contributed by atoms with E-state index in [1.807, 2.05) is 19.2 Å². The molecule has 0 atom stereocenters. The van der Waals surface area contributed by atoms with Crippen LogP contribution in [-0.4, -0.2) is 16.5 Å². The number of nitro benzene ring substituents is 1. The number of thiazole rings is 1. The molecule has 0 saturated heterocycles. The molecule has 1 heterocycles. The zero-order chi connectivity index (χ0) is 16.8. The molecule has 0 aliphatic rings. The Labute approximate surface area is 137 Å². The van der Waals surface area contributed by atoms with Gasteiger partial charge in [-0.25, -0.2) is 4.98 Å². The lowest BCUT2D eigenvalue weighted by molar-refractivity contribution is -0.385. The summed E-state index contributed by atoms with van der Waals surface area (Å²) >= 11 is 1.37. The fourth-order valence-electron chi connectivity index (χ4n) is 1.89. The first kappa shape index (κ1) is 16.6. The molecule has 2 aromatic rings. The Morgan fingerprint density at radius 2 is 2.35 bits per heavy atom. The van der Waals surface area contributed by atoms with Crippen LogP contribution in [0.5, 0.6) is 5.75 Å². The van der Waals surface area contributed by atoms with Gasteiger partial charge in [0.2, 0.25) is 0 Å². The average Bonchev–Trinajstić information content (AvgIpc) is 2.97. The van der Waals surface area contributed by atoms with Crippen LogP contribution >= 0.6 is 11.3 Å². The molecule has 0 aliphatic carbocycles. The Morgan fingerprint density at radius 1 is 1.57 bits per heavy atom. The van der Waals surface area contributed by atoms with Crippen molar-refractivity contribution in [3.05, 3.63) is 50.0 Å². The fourth-order valence-corrected chi connectivity index (χ4v) is 2.65. The van der Waals surface area contributed by atoms with Gasteiger partial charge in [-0.1, -0.05) is 13.0 Å². The number of nitro groups is 1. The number of hydrogen-bond donors (Lipinski definition) is 0. The maximum Gasteiger partial charge on any atom is 0.311 e. The minimum absolute atomic E-state index is 0.111. The zero-order valence-electron chi connectivity index (χ0n) is 12.8. The summed E-state index contributed by atoms with van der Waals surface area (Å²) in [7, 11) is 0. The Balaban J connectivity index is 2.39. The molecule has 118 valence electrons. The lowest BCUT2D eigenvalue weighted by Crippen LogP contribution is -1.99. The highest BCUT2D eigenvalue weighted by atomic mass is 32.1. The monoisotopic (exact) mass is 329 g/mol. The van der Waals surface area contributed by atoms with E-state index in [0.717, 1.165) is 12.1 Å². The van der Waals surface area contributed by atoms with Crippen LogP contribution in [0.3, 0.4) is 0 Å². The first-order valence-corrected chi connectivity index (χ1v) is 7.88. The van der Waals surface area contributed by atoms with Gasteiger partial charge in [0.15, 0.2) is 5.75 Å². The van der Waals surface area contributed by atoms with Gasteiger partial charge in [0.25, 0.3) is 0 Å². The van der Waals surface area contributed by atoms with Gasteiger partial charge in [-0.15, -0.1) is 11.3 Å². The van der Waals surface area contributed by atoms with Crippen molar-refractivity contribution in [2.75, 3.05) is 6.61 Å². The molecule has 0 fully saturated rings. The second kappa shape index (κ2) is 7.51. The summed E-state index contributed by atoms with van der Waals surface area (Å²) in [6.45, 7) is 4.19. The number of benzene rings is 1.